The molecule has 1 aromatic heterocycles. The molecule has 156 valence electrons. The molecule has 1 unspecified atom stereocenters. The van der Waals surface area contributed by atoms with Gasteiger partial charge in [0.05, 0.1) is 11.6 Å². The lowest BCUT2D eigenvalue weighted by Crippen LogP contribution is -2.29. The molecule has 3 aromatic rings. The molecule has 2 aromatic carbocycles. The first kappa shape index (κ1) is 20.5. The van der Waals surface area contributed by atoms with E-state index in [2.05, 4.69) is 4.98 Å². The topological polar surface area (TPSA) is 70.5 Å². The fourth-order valence-electron chi connectivity index (χ4n) is 3.77. The summed E-state index contributed by atoms with van der Waals surface area (Å²) in [6.45, 7) is 5.46. The number of ketones is 1. The number of carbonyl (C=O) groups excluding carboxylic acids is 2. The van der Waals surface area contributed by atoms with Crippen LogP contribution in [0.5, 0.6) is 0 Å². The number of pyridine rings is 1. The summed E-state index contributed by atoms with van der Waals surface area (Å²) in [6, 6.07) is 12.2. The van der Waals surface area contributed by atoms with E-state index in [1.807, 2.05) is 26.0 Å². The maximum absolute atomic E-state index is 13.7. The van der Waals surface area contributed by atoms with Crippen LogP contribution in [0, 0.1) is 26.6 Å². The van der Waals surface area contributed by atoms with Crippen molar-refractivity contribution in [1.82, 2.24) is 4.98 Å². The number of Topliss-reactive ketones (excluding diaryl/α,β-unsaturated/α-hetero) is 1. The summed E-state index contributed by atoms with van der Waals surface area (Å²) in [6.07, 6.45) is 3.16. The first-order valence-corrected chi connectivity index (χ1v) is 9.84. The van der Waals surface area contributed by atoms with Gasteiger partial charge in [-0.25, -0.2) is 4.39 Å². The van der Waals surface area contributed by atoms with Gasteiger partial charge in [-0.3, -0.25) is 19.5 Å². The zero-order chi connectivity index (χ0) is 22.3. The highest BCUT2D eigenvalue weighted by molar-refractivity contribution is 6.51. The van der Waals surface area contributed by atoms with Crippen LogP contribution in [-0.2, 0) is 9.59 Å². The van der Waals surface area contributed by atoms with Crippen LogP contribution in [0.4, 0.5) is 10.1 Å². The van der Waals surface area contributed by atoms with Gasteiger partial charge in [0.25, 0.3) is 11.7 Å². The Balaban J connectivity index is 1.95. The number of anilines is 1. The Morgan fingerprint density at radius 1 is 1.00 bits per heavy atom. The van der Waals surface area contributed by atoms with Crippen molar-refractivity contribution in [3.05, 3.63) is 100 Å². The van der Waals surface area contributed by atoms with E-state index in [9.17, 15) is 19.1 Å². The number of aliphatic hydroxyl groups excluding tert-OH is 1. The molecule has 1 aliphatic rings. The molecule has 2 heterocycles. The Kier molecular flexibility index (Phi) is 5.15. The number of benzene rings is 2. The average Bonchev–Trinajstić information content (AvgIpc) is 3.03. The predicted octanol–water partition coefficient (Wildman–Crippen LogP) is 4.77. The fourth-order valence-corrected chi connectivity index (χ4v) is 3.77. The third-order valence-electron chi connectivity index (χ3n) is 5.64. The number of aryl methyl sites for hydroxylation is 3. The molecular weight excluding hydrogens is 395 g/mol. The van der Waals surface area contributed by atoms with Gasteiger partial charge in [0.2, 0.25) is 0 Å². The zero-order valence-corrected chi connectivity index (χ0v) is 17.4. The lowest BCUT2D eigenvalue weighted by Gasteiger charge is -2.25. The van der Waals surface area contributed by atoms with E-state index in [1.54, 1.807) is 37.5 Å². The minimum Gasteiger partial charge on any atom is -0.507 e. The number of carbonyl (C=O) groups is 2. The van der Waals surface area contributed by atoms with Crippen LogP contribution in [0.15, 0.2) is 66.5 Å². The summed E-state index contributed by atoms with van der Waals surface area (Å²) in [5.41, 5.74) is 3.70. The molecule has 4 rings (SSSR count). The second-order valence-electron chi connectivity index (χ2n) is 7.69. The molecule has 0 aliphatic carbocycles. The molecule has 0 saturated carbocycles. The van der Waals surface area contributed by atoms with E-state index >= 15 is 0 Å². The molecule has 1 N–H and O–H groups in total. The monoisotopic (exact) mass is 416 g/mol. The highest BCUT2D eigenvalue weighted by atomic mass is 19.1. The quantitative estimate of drug-likeness (QED) is 0.379. The van der Waals surface area contributed by atoms with Crippen molar-refractivity contribution < 1.29 is 19.1 Å². The van der Waals surface area contributed by atoms with Gasteiger partial charge in [0.15, 0.2) is 0 Å². The molecule has 0 radical (unpaired) electrons. The molecule has 5 nitrogen and oxygen atoms in total. The number of nitrogens with zero attached hydrogens (tertiary/aromatic N) is 2. The van der Waals surface area contributed by atoms with Crippen molar-refractivity contribution in [2.75, 3.05) is 4.90 Å². The van der Waals surface area contributed by atoms with Crippen LogP contribution < -0.4 is 4.90 Å². The van der Waals surface area contributed by atoms with Crippen molar-refractivity contribution in [1.29, 1.82) is 0 Å². The number of halogens is 1. The summed E-state index contributed by atoms with van der Waals surface area (Å²) in [7, 11) is 0. The van der Waals surface area contributed by atoms with Crippen molar-refractivity contribution in [3.63, 3.8) is 0 Å². The molecule has 6 heteroatoms. The van der Waals surface area contributed by atoms with Gasteiger partial charge in [0, 0.05) is 23.6 Å². The molecule has 1 fully saturated rings. The van der Waals surface area contributed by atoms with Gasteiger partial charge >= 0.3 is 0 Å². The van der Waals surface area contributed by atoms with Crippen molar-refractivity contribution in [2.24, 2.45) is 0 Å². The van der Waals surface area contributed by atoms with Crippen molar-refractivity contribution >= 4 is 23.1 Å². The van der Waals surface area contributed by atoms with Gasteiger partial charge in [-0.05, 0) is 79.4 Å². The van der Waals surface area contributed by atoms with Gasteiger partial charge in [0.1, 0.15) is 11.6 Å². The lowest BCUT2D eigenvalue weighted by molar-refractivity contribution is -0.132. The molecule has 1 saturated heterocycles. The Labute approximate surface area is 179 Å². The predicted molar refractivity (Wildman–Crippen MR) is 116 cm³/mol. The zero-order valence-electron chi connectivity index (χ0n) is 17.4. The highest BCUT2D eigenvalue weighted by Crippen LogP contribution is 2.42. The van der Waals surface area contributed by atoms with Gasteiger partial charge in [-0.15, -0.1) is 0 Å². The van der Waals surface area contributed by atoms with E-state index in [-0.39, 0.29) is 16.9 Å². The number of amides is 1. The first-order valence-electron chi connectivity index (χ1n) is 9.84. The van der Waals surface area contributed by atoms with Crippen molar-refractivity contribution in [3.8, 4) is 0 Å². The maximum atomic E-state index is 13.7. The summed E-state index contributed by atoms with van der Waals surface area (Å²) < 4.78 is 13.7. The second-order valence-corrected chi connectivity index (χ2v) is 7.69. The highest BCUT2D eigenvalue weighted by Gasteiger charge is 2.47. The average molecular weight is 416 g/mol. The van der Waals surface area contributed by atoms with Crippen molar-refractivity contribution in [2.45, 2.75) is 26.8 Å². The van der Waals surface area contributed by atoms with Crippen LogP contribution in [-0.4, -0.2) is 21.8 Å². The van der Waals surface area contributed by atoms with Gasteiger partial charge < -0.3 is 5.11 Å². The number of hydrogen-bond donors (Lipinski definition) is 1. The van der Waals surface area contributed by atoms with Crippen LogP contribution in [0.25, 0.3) is 5.76 Å². The number of rotatable bonds is 3. The molecule has 1 aliphatic heterocycles. The van der Waals surface area contributed by atoms with Crippen LogP contribution in [0.2, 0.25) is 0 Å². The Morgan fingerprint density at radius 3 is 2.42 bits per heavy atom. The largest absolute Gasteiger partial charge is 0.507 e. The number of aromatic nitrogens is 1. The molecule has 0 bridgehead atoms. The van der Waals surface area contributed by atoms with E-state index < -0.39 is 23.5 Å². The van der Waals surface area contributed by atoms with Crippen LogP contribution >= 0.6 is 0 Å². The van der Waals surface area contributed by atoms with E-state index in [0.717, 1.165) is 11.1 Å². The second kappa shape index (κ2) is 7.80. The number of aliphatic hydroxyl groups is 1. The molecule has 31 heavy (non-hydrogen) atoms. The summed E-state index contributed by atoms with van der Waals surface area (Å²) in [5, 5.41) is 11.1. The molecule has 1 amide bonds. The summed E-state index contributed by atoms with van der Waals surface area (Å²) >= 11 is 0. The third-order valence-corrected chi connectivity index (χ3v) is 5.64. The minimum absolute atomic E-state index is 0.0535. The van der Waals surface area contributed by atoms with E-state index in [0.29, 0.717) is 16.8 Å². The SMILES string of the molecule is Cc1ccc(N2C(=O)C(=O)/C(=C(/O)c3ccc(F)c(C)c3)C2c2cccnc2)cc1C. The van der Waals surface area contributed by atoms with E-state index in [1.165, 1.54) is 23.1 Å². The summed E-state index contributed by atoms with van der Waals surface area (Å²) in [5.74, 6) is -2.30. The smallest absolute Gasteiger partial charge is 0.300 e. The van der Waals surface area contributed by atoms with Crippen LogP contribution in [0.3, 0.4) is 0 Å². The maximum Gasteiger partial charge on any atom is 0.300 e. The minimum atomic E-state index is -0.860. The molecule has 1 atom stereocenters. The Morgan fingerprint density at radius 2 is 1.77 bits per heavy atom. The molecule has 0 spiro atoms. The lowest BCUT2D eigenvalue weighted by atomic mass is 9.95. The van der Waals surface area contributed by atoms with E-state index in [4.69, 9.17) is 0 Å². The molecular formula is C25H21FN2O3. The Hall–Kier alpha value is -3.80. The fraction of sp³-hybridized carbons (Fsp3) is 0.160. The number of hydrogen-bond acceptors (Lipinski definition) is 4. The van der Waals surface area contributed by atoms with Gasteiger partial charge in [-0.1, -0.05) is 12.1 Å². The normalized spacial score (nSPS) is 17.9. The first-order chi connectivity index (χ1) is 14.8. The van der Waals surface area contributed by atoms with Gasteiger partial charge in [-0.2, -0.15) is 0 Å². The Bertz CT molecular complexity index is 1230. The standard InChI is InChI=1S/C25H21FN2O3/c1-14-6-8-19(12-15(14)2)28-22(18-5-4-10-27-13-18)21(24(30)25(28)31)23(29)17-7-9-20(26)16(3)11-17/h4-13,22,29H,1-3H3/b23-21+. The summed E-state index contributed by atoms with van der Waals surface area (Å²) in [4.78, 5) is 31.7. The third kappa shape index (κ3) is 3.50. The van der Waals surface area contributed by atoms with Crippen LogP contribution in [0.1, 0.15) is 33.9 Å².